The summed E-state index contributed by atoms with van der Waals surface area (Å²) in [5.74, 6) is -0.870. The average Bonchev–Trinajstić information content (AvgIpc) is 2.32. The fourth-order valence-electron chi connectivity index (χ4n) is 1.92. The second-order valence-electron chi connectivity index (χ2n) is 4.12. The minimum absolute atomic E-state index is 0.0303. The number of rotatable bonds is 2. The van der Waals surface area contributed by atoms with Crippen LogP contribution in [0.1, 0.15) is 22.7 Å². The molecular formula is C14H12ClF2N. The third kappa shape index (κ3) is 2.37. The molecule has 0 amide bonds. The van der Waals surface area contributed by atoms with E-state index in [1.54, 1.807) is 25.1 Å². The van der Waals surface area contributed by atoms with Gasteiger partial charge < -0.3 is 5.73 Å². The molecule has 0 aliphatic heterocycles. The topological polar surface area (TPSA) is 26.0 Å². The highest BCUT2D eigenvalue weighted by Crippen LogP contribution is 2.28. The molecular weight excluding hydrogens is 256 g/mol. The number of hydrogen-bond donors (Lipinski definition) is 1. The summed E-state index contributed by atoms with van der Waals surface area (Å²) in [6.45, 7) is 1.74. The zero-order valence-corrected chi connectivity index (χ0v) is 10.5. The molecule has 2 aromatic rings. The minimum atomic E-state index is -0.663. The molecule has 0 aliphatic rings. The molecule has 0 saturated heterocycles. The summed E-state index contributed by atoms with van der Waals surface area (Å²) in [6.07, 6.45) is 0. The van der Waals surface area contributed by atoms with E-state index < -0.39 is 11.9 Å². The summed E-state index contributed by atoms with van der Waals surface area (Å²) in [4.78, 5) is 0. The first-order valence-corrected chi connectivity index (χ1v) is 5.84. The first kappa shape index (κ1) is 13.0. The van der Waals surface area contributed by atoms with Crippen molar-refractivity contribution < 1.29 is 8.78 Å². The van der Waals surface area contributed by atoms with Crippen LogP contribution < -0.4 is 5.73 Å². The molecule has 0 heterocycles. The normalized spacial score (nSPS) is 12.5. The Bertz CT molecular complexity index is 584. The van der Waals surface area contributed by atoms with Gasteiger partial charge in [-0.15, -0.1) is 0 Å². The molecule has 1 unspecified atom stereocenters. The average molecular weight is 268 g/mol. The van der Waals surface area contributed by atoms with E-state index in [2.05, 4.69) is 0 Å². The van der Waals surface area contributed by atoms with Gasteiger partial charge in [-0.3, -0.25) is 0 Å². The van der Waals surface area contributed by atoms with Crippen LogP contribution in [0.3, 0.4) is 0 Å². The summed E-state index contributed by atoms with van der Waals surface area (Å²) in [5.41, 5.74) is 7.68. The lowest BCUT2D eigenvalue weighted by atomic mass is 9.95. The van der Waals surface area contributed by atoms with Gasteiger partial charge in [-0.1, -0.05) is 29.8 Å². The fourth-order valence-corrected chi connectivity index (χ4v) is 2.10. The van der Waals surface area contributed by atoms with E-state index in [4.69, 9.17) is 17.3 Å². The predicted octanol–water partition coefficient (Wildman–Crippen LogP) is 3.97. The largest absolute Gasteiger partial charge is 0.320 e. The molecule has 2 rings (SSSR count). The van der Waals surface area contributed by atoms with Crippen LogP contribution in [0.2, 0.25) is 5.02 Å². The van der Waals surface area contributed by atoms with Gasteiger partial charge in [0.25, 0.3) is 0 Å². The maximum atomic E-state index is 13.9. The Hall–Kier alpha value is -1.45. The number of aryl methyl sites for hydroxylation is 1. The van der Waals surface area contributed by atoms with Gasteiger partial charge in [-0.05, 0) is 36.2 Å². The van der Waals surface area contributed by atoms with E-state index in [0.29, 0.717) is 16.7 Å². The minimum Gasteiger partial charge on any atom is -0.320 e. The summed E-state index contributed by atoms with van der Waals surface area (Å²) in [6, 6.07) is 8.26. The molecule has 0 aliphatic carbocycles. The van der Waals surface area contributed by atoms with Gasteiger partial charge in [0.05, 0.1) is 11.1 Å². The maximum Gasteiger partial charge on any atom is 0.146 e. The second-order valence-corrected chi connectivity index (χ2v) is 4.53. The third-order valence-corrected chi connectivity index (χ3v) is 3.18. The van der Waals surface area contributed by atoms with Crippen LogP contribution in [-0.4, -0.2) is 0 Å². The molecule has 18 heavy (non-hydrogen) atoms. The van der Waals surface area contributed by atoms with E-state index in [1.165, 1.54) is 18.2 Å². The lowest BCUT2D eigenvalue weighted by Crippen LogP contribution is -2.15. The van der Waals surface area contributed by atoms with Gasteiger partial charge in [0.15, 0.2) is 0 Å². The van der Waals surface area contributed by atoms with Gasteiger partial charge >= 0.3 is 0 Å². The Morgan fingerprint density at radius 1 is 1.11 bits per heavy atom. The molecule has 2 aromatic carbocycles. The zero-order chi connectivity index (χ0) is 13.3. The maximum absolute atomic E-state index is 13.9. The predicted molar refractivity (Wildman–Crippen MR) is 68.6 cm³/mol. The lowest BCUT2D eigenvalue weighted by molar-refractivity contribution is 0.598. The molecule has 0 spiro atoms. The SMILES string of the molecule is Cc1cc(F)ccc1C(N)c1cccc(Cl)c1F. The van der Waals surface area contributed by atoms with E-state index in [1.807, 2.05) is 0 Å². The highest BCUT2D eigenvalue weighted by atomic mass is 35.5. The number of nitrogens with two attached hydrogens (primary N) is 1. The quantitative estimate of drug-likeness (QED) is 0.875. The molecule has 0 aromatic heterocycles. The Kier molecular flexibility index (Phi) is 3.64. The van der Waals surface area contributed by atoms with Gasteiger partial charge in [0.2, 0.25) is 0 Å². The molecule has 0 fully saturated rings. The Morgan fingerprint density at radius 3 is 2.50 bits per heavy atom. The number of benzene rings is 2. The summed E-state index contributed by atoms with van der Waals surface area (Å²) < 4.78 is 26.9. The summed E-state index contributed by atoms with van der Waals surface area (Å²) in [5, 5.41) is 0.0303. The van der Waals surface area contributed by atoms with E-state index in [-0.39, 0.29) is 10.8 Å². The lowest BCUT2D eigenvalue weighted by Gasteiger charge is -2.16. The Labute approximate surface area is 109 Å². The molecule has 0 bridgehead atoms. The standard InChI is InChI=1S/C14H12ClF2N/c1-8-7-9(16)5-6-10(8)14(18)11-3-2-4-12(15)13(11)17/h2-7,14H,18H2,1H3. The van der Waals surface area contributed by atoms with Crippen LogP contribution in [0, 0.1) is 18.6 Å². The number of halogens is 3. The zero-order valence-electron chi connectivity index (χ0n) is 9.75. The van der Waals surface area contributed by atoms with Crippen molar-refractivity contribution in [3.63, 3.8) is 0 Å². The summed E-state index contributed by atoms with van der Waals surface area (Å²) >= 11 is 5.72. The summed E-state index contributed by atoms with van der Waals surface area (Å²) in [7, 11) is 0. The van der Waals surface area contributed by atoms with Crippen LogP contribution in [0.5, 0.6) is 0 Å². The van der Waals surface area contributed by atoms with Crippen LogP contribution in [-0.2, 0) is 0 Å². The van der Waals surface area contributed by atoms with Crippen molar-refractivity contribution in [2.45, 2.75) is 13.0 Å². The Morgan fingerprint density at radius 2 is 1.83 bits per heavy atom. The highest BCUT2D eigenvalue weighted by molar-refractivity contribution is 6.30. The highest BCUT2D eigenvalue weighted by Gasteiger charge is 2.17. The van der Waals surface area contributed by atoms with Crippen molar-refractivity contribution in [2.24, 2.45) is 5.73 Å². The van der Waals surface area contributed by atoms with Crippen molar-refractivity contribution >= 4 is 11.6 Å². The van der Waals surface area contributed by atoms with Crippen molar-refractivity contribution in [3.05, 3.63) is 69.7 Å². The van der Waals surface area contributed by atoms with Gasteiger partial charge in [0.1, 0.15) is 11.6 Å². The number of hydrogen-bond acceptors (Lipinski definition) is 1. The van der Waals surface area contributed by atoms with Crippen molar-refractivity contribution in [1.29, 1.82) is 0 Å². The van der Waals surface area contributed by atoms with Crippen molar-refractivity contribution in [1.82, 2.24) is 0 Å². The van der Waals surface area contributed by atoms with E-state index in [0.717, 1.165) is 0 Å². The van der Waals surface area contributed by atoms with Crippen LogP contribution in [0.15, 0.2) is 36.4 Å². The smallest absolute Gasteiger partial charge is 0.146 e. The molecule has 1 nitrogen and oxygen atoms in total. The van der Waals surface area contributed by atoms with Gasteiger partial charge in [0, 0.05) is 5.56 Å². The molecule has 0 radical (unpaired) electrons. The van der Waals surface area contributed by atoms with Gasteiger partial charge in [-0.2, -0.15) is 0 Å². The molecule has 0 saturated carbocycles. The van der Waals surface area contributed by atoms with Crippen LogP contribution >= 0.6 is 11.6 Å². The molecule has 94 valence electrons. The molecule has 2 N–H and O–H groups in total. The Balaban J connectivity index is 2.48. The monoisotopic (exact) mass is 267 g/mol. The second kappa shape index (κ2) is 5.04. The third-order valence-electron chi connectivity index (χ3n) is 2.88. The van der Waals surface area contributed by atoms with E-state index in [9.17, 15) is 8.78 Å². The van der Waals surface area contributed by atoms with Crippen molar-refractivity contribution in [3.8, 4) is 0 Å². The van der Waals surface area contributed by atoms with Gasteiger partial charge in [-0.25, -0.2) is 8.78 Å². The van der Waals surface area contributed by atoms with Crippen LogP contribution in [0.4, 0.5) is 8.78 Å². The molecule has 1 atom stereocenters. The first-order chi connectivity index (χ1) is 8.50. The molecule has 4 heteroatoms. The van der Waals surface area contributed by atoms with E-state index >= 15 is 0 Å². The fraction of sp³-hybridized carbons (Fsp3) is 0.143. The first-order valence-electron chi connectivity index (χ1n) is 5.46. The van der Waals surface area contributed by atoms with Crippen LogP contribution in [0.25, 0.3) is 0 Å². The van der Waals surface area contributed by atoms with Crippen molar-refractivity contribution in [2.75, 3.05) is 0 Å².